The van der Waals surface area contributed by atoms with Crippen molar-refractivity contribution in [2.24, 2.45) is 0 Å². The zero-order valence-electron chi connectivity index (χ0n) is 13.8. The van der Waals surface area contributed by atoms with Crippen molar-refractivity contribution in [3.8, 4) is 0 Å². The molecule has 0 saturated carbocycles. The van der Waals surface area contributed by atoms with Crippen molar-refractivity contribution < 1.29 is 24.5 Å². The van der Waals surface area contributed by atoms with E-state index in [9.17, 15) is 14.7 Å². The van der Waals surface area contributed by atoms with Gasteiger partial charge < -0.3 is 14.9 Å². The molecule has 0 bridgehead atoms. The number of carboxylic acids is 1. The highest BCUT2D eigenvalue weighted by atomic mass is 35.5. The van der Waals surface area contributed by atoms with Crippen LogP contribution in [0.1, 0.15) is 50.5 Å². The summed E-state index contributed by atoms with van der Waals surface area (Å²) in [6.45, 7) is 0. The minimum atomic E-state index is -1.99. The average molecular weight is 389 g/mol. The molecule has 1 saturated heterocycles. The first-order chi connectivity index (χ1) is 11.8. The van der Waals surface area contributed by atoms with Crippen LogP contribution in [0.3, 0.4) is 0 Å². The molecule has 1 aromatic rings. The van der Waals surface area contributed by atoms with Gasteiger partial charge >= 0.3 is 11.9 Å². The van der Waals surface area contributed by atoms with Crippen LogP contribution in [0.15, 0.2) is 18.2 Å². The largest absolute Gasteiger partial charge is 0.479 e. The molecule has 1 aliphatic heterocycles. The maximum absolute atomic E-state index is 11.5. The number of rotatable bonds is 8. The molecule has 0 amide bonds. The lowest BCUT2D eigenvalue weighted by Crippen LogP contribution is -2.48. The number of aryl methyl sites for hydroxylation is 1. The maximum Gasteiger partial charge on any atom is 0.336 e. The van der Waals surface area contributed by atoms with Gasteiger partial charge in [-0.2, -0.15) is 0 Å². The lowest BCUT2D eigenvalue weighted by Gasteiger charge is -2.32. The van der Waals surface area contributed by atoms with E-state index in [1.807, 2.05) is 12.1 Å². The average Bonchev–Trinajstić information content (AvgIpc) is 2.51. The number of benzene rings is 1. The van der Waals surface area contributed by atoms with Crippen molar-refractivity contribution in [3.05, 3.63) is 33.8 Å². The van der Waals surface area contributed by atoms with E-state index in [4.69, 9.17) is 33.0 Å². The summed E-state index contributed by atoms with van der Waals surface area (Å²) < 4.78 is 5.14. The Bertz CT molecular complexity index is 634. The molecule has 0 aliphatic carbocycles. The molecule has 0 radical (unpaired) electrons. The first-order valence-corrected chi connectivity index (χ1v) is 9.15. The molecule has 2 rings (SSSR count). The third-order valence-electron chi connectivity index (χ3n) is 4.44. The molecule has 2 atom stereocenters. The van der Waals surface area contributed by atoms with Gasteiger partial charge in [-0.1, -0.05) is 42.1 Å². The van der Waals surface area contributed by atoms with Crippen molar-refractivity contribution in [3.63, 3.8) is 0 Å². The van der Waals surface area contributed by atoms with Crippen LogP contribution in [0.25, 0.3) is 0 Å². The van der Waals surface area contributed by atoms with Gasteiger partial charge in [0.2, 0.25) is 0 Å². The van der Waals surface area contributed by atoms with E-state index in [-0.39, 0.29) is 6.42 Å². The summed E-state index contributed by atoms with van der Waals surface area (Å²) in [5, 5.41) is 20.3. The second-order valence-electron chi connectivity index (χ2n) is 6.52. The monoisotopic (exact) mass is 388 g/mol. The van der Waals surface area contributed by atoms with Gasteiger partial charge in [0.05, 0.1) is 6.42 Å². The van der Waals surface area contributed by atoms with E-state index < -0.39 is 30.1 Å². The summed E-state index contributed by atoms with van der Waals surface area (Å²) in [6, 6.07) is 5.49. The number of cyclic esters (lactones) is 1. The van der Waals surface area contributed by atoms with E-state index in [0.717, 1.165) is 37.7 Å². The molecule has 0 unspecified atom stereocenters. The SMILES string of the molecule is O=C1C[C@](O)(C(=O)O)C[C@@H](CCCCCCc2ccc(Cl)cc2Cl)O1. The summed E-state index contributed by atoms with van der Waals surface area (Å²) in [6.07, 6.45) is 4.07. The molecule has 1 fully saturated rings. The van der Waals surface area contributed by atoms with Gasteiger partial charge in [0.15, 0.2) is 5.60 Å². The molecular formula is C18H22Cl2O5. The number of ether oxygens (including phenoxy) is 1. The number of carbonyl (C=O) groups excluding carboxylic acids is 1. The van der Waals surface area contributed by atoms with Crippen molar-refractivity contribution in [2.75, 3.05) is 0 Å². The van der Waals surface area contributed by atoms with E-state index in [1.54, 1.807) is 6.07 Å². The van der Waals surface area contributed by atoms with Gasteiger partial charge in [-0.25, -0.2) is 4.79 Å². The molecule has 1 aliphatic rings. The van der Waals surface area contributed by atoms with Crippen LogP contribution < -0.4 is 0 Å². The molecular weight excluding hydrogens is 367 g/mol. The fraction of sp³-hybridized carbons (Fsp3) is 0.556. The van der Waals surface area contributed by atoms with Crippen molar-refractivity contribution in [1.82, 2.24) is 0 Å². The zero-order chi connectivity index (χ0) is 18.4. The molecule has 1 heterocycles. The maximum atomic E-state index is 11.5. The van der Waals surface area contributed by atoms with Crippen LogP contribution >= 0.6 is 23.2 Å². The Morgan fingerprint density at radius 2 is 1.96 bits per heavy atom. The van der Waals surface area contributed by atoms with Crippen molar-refractivity contribution in [2.45, 2.75) is 63.1 Å². The van der Waals surface area contributed by atoms with E-state index in [2.05, 4.69) is 0 Å². The normalized spacial score (nSPS) is 23.3. The molecule has 2 N–H and O–H groups in total. The topological polar surface area (TPSA) is 83.8 Å². The molecule has 7 heteroatoms. The summed E-state index contributed by atoms with van der Waals surface area (Å²) in [5.74, 6) is -2.02. The Hall–Kier alpha value is -1.30. The minimum absolute atomic E-state index is 0.0472. The predicted molar refractivity (Wildman–Crippen MR) is 95.0 cm³/mol. The number of aliphatic carboxylic acids is 1. The number of hydrogen-bond donors (Lipinski definition) is 2. The molecule has 0 spiro atoms. The molecule has 5 nitrogen and oxygen atoms in total. The van der Waals surface area contributed by atoms with Gasteiger partial charge in [-0.05, 0) is 43.4 Å². The summed E-state index contributed by atoms with van der Waals surface area (Å²) in [4.78, 5) is 22.6. The number of aliphatic hydroxyl groups is 1. The highest BCUT2D eigenvalue weighted by molar-refractivity contribution is 6.35. The highest BCUT2D eigenvalue weighted by Crippen LogP contribution is 2.29. The predicted octanol–water partition coefficient (Wildman–Crippen LogP) is 4.01. The van der Waals surface area contributed by atoms with Crippen LogP contribution in [0.2, 0.25) is 10.0 Å². The lowest BCUT2D eigenvalue weighted by molar-refractivity contribution is -0.185. The lowest BCUT2D eigenvalue weighted by atomic mass is 9.88. The smallest absolute Gasteiger partial charge is 0.336 e. The second-order valence-corrected chi connectivity index (χ2v) is 7.36. The number of carbonyl (C=O) groups is 2. The number of carboxylic acid groups (broad SMARTS) is 1. The van der Waals surface area contributed by atoms with Crippen LogP contribution in [0.4, 0.5) is 0 Å². The van der Waals surface area contributed by atoms with Gasteiger partial charge in [0.1, 0.15) is 6.10 Å². The number of halogens is 2. The van der Waals surface area contributed by atoms with Crippen LogP contribution in [-0.4, -0.2) is 33.9 Å². The Morgan fingerprint density at radius 1 is 1.24 bits per heavy atom. The minimum Gasteiger partial charge on any atom is -0.479 e. The second kappa shape index (κ2) is 8.88. The van der Waals surface area contributed by atoms with Gasteiger partial charge in [-0.3, -0.25) is 4.79 Å². The number of esters is 1. The van der Waals surface area contributed by atoms with Gasteiger partial charge in [0.25, 0.3) is 0 Å². The van der Waals surface area contributed by atoms with E-state index in [1.165, 1.54) is 0 Å². The Morgan fingerprint density at radius 3 is 2.64 bits per heavy atom. The Labute approximate surface area is 156 Å². The third kappa shape index (κ3) is 5.87. The molecule has 25 heavy (non-hydrogen) atoms. The Kier molecular flexibility index (Phi) is 7.11. The molecule has 138 valence electrons. The molecule has 0 aromatic heterocycles. The van der Waals surface area contributed by atoms with Crippen LogP contribution in [0, 0.1) is 0 Å². The fourth-order valence-electron chi connectivity index (χ4n) is 3.05. The van der Waals surface area contributed by atoms with Gasteiger partial charge in [-0.15, -0.1) is 0 Å². The summed E-state index contributed by atoms with van der Waals surface area (Å²) in [7, 11) is 0. The quantitative estimate of drug-likeness (QED) is 0.519. The standard InChI is InChI=1S/C18H22Cl2O5/c19-13-8-7-12(15(20)9-13)5-3-1-2-4-6-14-10-18(24,17(22)23)11-16(21)25-14/h7-9,14,24H,1-6,10-11H2,(H,22,23)/t14-,18+/m1/s1. The van der Waals surface area contributed by atoms with Crippen LogP contribution in [0.5, 0.6) is 0 Å². The summed E-state index contributed by atoms with van der Waals surface area (Å²) in [5.41, 5.74) is -0.926. The third-order valence-corrected chi connectivity index (χ3v) is 5.02. The zero-order valence-corrected chi connectivity index (χ0v) is 15.4. The first kappa shape index (κ1) is 20.0. The van der Waals surface area contributed by atoms with Crippen molar-refractivity contribution in [1.29, 1.82) is 0 Å². The highest BCUT2D eigenvalue weighted by Gasteiger charge is 2.45. The fourth-order valence-corrected chi connectivity index (χ4v) is 3.55. The number of hydrogen-bond acceptors (Lipinski definition) is 4. The Balaban J connectivity index is 1.67. The molecule has 1 aromatic carbocycles. The van der Waals surface area contributed by atoms with Crippen molar-refractivity contribution >= 4 is 35.1 Å². The van der Waals surface area contributed by atoms with Crippen LogP contribution in [-0.2, 0) is 20.7 Å². The summed E-state index contributed by atoms with van der Waals surface area (Å²) >= 11 is 12.0. The first-order valence-electron chi connectivity index (χ1n) is 8.39. The van der Waals surface area contributed by atoms with E-state index >= 15 is 0 Å². The van der Waals surface area contributed by atoms with Gasteiger partial charge in [0, 0.05) is 16.5 Å². The number of unbranched alkanes of at least 4 members (excludes halogenated alkanes) is 3. The van der Waals surface area contributed by atoms with E-state index in [0.29, 0.717) is 16.5 Å².